The Morgan fingerprint density at radius 3 is 2.36 bits per heavy atom. The molecular weight excluding hydrogens is 221 g/mol. The lowest BCUT2D eigenvalue weighted by Gasteiger charge is -2.37. The SMILES string of the molecule is CC(C)(CCl)N(CCCl)C(=O)C1CC1. The second-order valence-corrected chi connectivity index (χ2v) is 5.04. The molecule has 82 valence electrons. The smallest absolute Gasteiger partial charge is 0.226 e. The minimum absolute atomic E-state index is 0.219. The molecule has 14 heavy (non-hydrogen) atoms. The van der Waals surface area contributed by atoms with Gasteiger partial charge in [0.15, 0.2) is 0 Å². The van der Waals surface area contributed by atoms with Gasteiger partial charge in [0.1, 0.15) is 0 Å². The van der Waals surface area contributed by atoms with Crippen LogP contribution in [0, 0.1) is 5.92 Å². The Kier molecular flexibility index (Phi) is 4.08. The average molecular weight is 238 g/mol. The molecule has 0 bridgehead atoms. The maximum Gasteiger partial charge on any atom is 0.226 e. The molecule has 1 amide bonds. The van der Waals surface area contributed by atoms with Crippen molar-refractivity contribution in [2.75, 3.05) is 18.3 Å². The molecule has 2 nitrogen and oxygen atoms in total. The summed E-state index contributed by atoms with van der Waals surface area (Å²) >= 11 is 11.5. The summed E-state index contributed by atoms with van der Waals surface area (Å²) in [5, 5.41) is 0. The van der Waals surface area contributed by atoms with E-state index in [0.717, 1.165) is 12.8 Å². The van der Waals surface area contributed by atoms with Crippen LogP contribution >= 0.6 is 23.2 Å². The fourth-order valence-corrected chi connectivity index (χ4v) is 1.73. The average Bonchev–Trinajstić information content (AvgIpc) is 2.96. The van der Waals surface area contributed by atoms with Crippen molar-refractivity contribution in [2.45, 2.75) is 32.2 Å². The van der Waals surface area contributed by atoms with E-state index >= 15 is 0 Å². The van der Waals surface area contributed by atoms with Crippen molar-refractivity contribution in [3.8, 4) is 0 Å². The number of carbonyl (C=O) groups excluding carboxylic acids is 1. The van der Waals surface area contributed by atoms with Crippen LogP contribution in [0.5, 0.6) is 0 Å². The maximum atomic E-state index is 11.9. The normalized spacial score (nSPS) is 16.9. The Morgan fingerprint density at radius 1 is 1.43 bits per heavy atom. The van der Waals surface area contributed by atoms with Gasteiger partial charge in [-0.05, 0) is 26.7 Å². The third kappa shape index (κ3) is 2.77. The molecule has 0 heterocycles. The molecule has 0 unspecified atom stereocenters. The summed E-state index contributed by atoms with van der Waals surface area (Å²) in [4.78, 5) is 13.7. The van der Waals surface area contributed by atoms with Crippen LogP contribution in [0.15, 0.2) is 0 Å². The first-order valence-electron chi connectivity index (χ1n) is 4.96. The molecule has 0 aliphatic heterocycles. The van der Waals surface area contributed by atoms with Crippen LogP contribution in [0.4, 0.5) is 0 Å². The van der Waals surface area contributed by atoms with Crippen molar-refractivity contribution in [3.05, 3.63) is 0 Å². The van der Waals surface area contributed by atoms with Crippen molar-refractivity contribution < 1.29 is 4.79 Å². The third-order valence-electron chi connectivity index (χ3n) is 2.56. The maximum absolute atomic E-state index is 11.9. The molecule has 0 N–H and O–H groups in total. The van der Waals surface area contributed by atoms with E-state index in [-0.39, 0.29) is 17.4 Å². The van der Waals surface area contributed by atoms with Gasteiger partial charge in [0.25, 0.3) is 0 Å². The van der Waals surface area contributed by atoms with Crippen LogP contribution in [0.25, 0.3) is 0 Å². The zero-order valence-electron chi connectivity index (χ0n) is 8.72. The van der Waals surface area contributed by atoms with Crippen molar-refractivity contribution in [2.24, 2.45) is 5.92 Å². The largest absolute Gasteiger partial charge is 0.335 e. The molecule has 0 saturated heterocycles. The van der Waals surface area contributed by atoms with E-state index < -0.39 is 0 Å². The van der Waals surface area contributed by atoms with Crippen LogP contribution in [0.2, 0.25) is 0 Å². The Hall–Kier alpha value is 0.0500. The molecule has 0 aromatic rings. The van der Waals surface area contributed by atoms with E-state index in [2.05, 4.69) is 0 Å². The molecular formula is C10H17Cl2NO. The zero-order valence-corrected chi connectivity index (χ0v) is 10.2. The van der Waals surface area contributed by atoms with E-state index in [0.29, 0.717) is 18.3 Å². The number of carbonyl (C=O) groups is 1. The molecule has 0 aromatic heterocycles. The van der Waals surface area contributed by atoms with Crippen LogP contribution in [0.3, 0.4) is 0 Å². The fourth-order valence-electron chi connectivity index (χ4n) is 1.42. The molecule has 1 aliphatic rings. The zero-order chi connectivity index (χ0) is 10.8. The molecule has 0 aromatic carbocycles. The Labute approximate surface area is 95.5 Å². The second-order valence-electron chi connectivity index (χ2n) is 4.40. The van der Waals surface area contributed by atoms with Gasteiger partial charge in [0.05, 0.1) is 5.54 Å². The highest BCUT2D eigenvalue weighted by molar-refractivity contribution is 6.19. The number of alkyl halides is 2. The van der Waals surface area contributed by atoms with E-state index in [9.17, 15) is 4.79 Å². The first kappa shape index (κ1) is 12.1. The van der Waals surface area contributed by atoms with E-state index in [1.54, 1.807) is 0 Å². The summed E-state index contributed by atoms with van der Waals surface area (Å²) in [6.45, 7) is 4.55. The van der Waals surface area contributed by atoms with Crippen LogP contribution in [-0.4, -0.2) is 34.7 Å². The van der Waals surface area contributed by atoms with Gasteiger partial charge in [-0.25, -0.2) is 0 Å². The third-order valence-corrected chi connectivity index (χ3v) is 3.38. The first-order valence-corrected chi connectivity index (χ1v) is 6.03. The number of rotatable bonds is 5. The summed E-state index contributed by atoms with van der Waals surface area (Å²) in [5.41, 5.74) is -0.282. The fraction of sp³-hybridized carbons (Fsp3) is 0.900. The van der Waals surface area contributed by atoms with Gasteiger partial charge in [-0.3, -0.25) is 4.79 Å². The van der Waals surface area contributed by atoms with Crippen molar-refractivity contribution in [3.63, 3.8) is 0 Å². The van der Waals surface area contributed by atoms with Gasteiger partial charge in [0.2, 0.25) is 5.91 Å². The number of nitrogens with zero attached hydrogens (tertiary/aromatic N) is 1. The van der Waals surface area contributed by atoms with Crippen molar-refractivity contribution >= 4 is 29.1 Å². The quantitative estimate of drug-likeness (QED) is 0.674. The first-order chi connectivity index (χ1) is 6.53. The minimum Gasteiger partial charge on any atom is -0.335 e. The van der Waals surface area contributed by atoms with Gasteiger partial charge in [-0.1, -0.05) is 0 Å². The topological polar surface area (TPSA) is 20.3 Å². The molecule has 1 fully saturated rings. The molecule has 0 spiro atoms. The predicted molar refractivity (Wildman–Crippen MR) is 60.0 cm³/mol. The Bertz CT molecular complexity index is 214. The summed E-state index contributed by atoms with van der Waals surface area (Å²) in [6.07, 6.45) is 2.05. The number of amides is 1. The Balaban J connectivity index is 2.66. The van der Waals surface area contributed by atoms with Gasteiger partial charge in [0, 0.05) is 24.2 Å². The standard InChI is InChI=1S/C10H17Cl2NO/c1-10(2,7-12)13(6-5-11)9(14)8-3-4-8/h8H,3-7H2,1-2H3. The highest BCUT2D eigenvalue weighted by atomic mass is 35.5. The van der Waals surface area contributed by atoms with Crippen LogP contribution in [-0.2, 0) is 4.79 Å². The highest BCUT2D eigenvalue weighted by Gasteiger charge is 2.38. The van der Waals surface area contributed by atoms with Gasteiger partial charge in [-0.2, -0.15) is 0 Å². The number of halogens is 2. The molecule has 1 aliphatic carbocycles. The van der Waals surface area contributed by atoms with E-state index in [4.69, 9.17) is 23.2 Å². The highest BCUT2D eigenvalue weighted by Crippen LogP contribution is 2.33. The van der Waals surface area contributed by atoms with Gasteiger partial charge < -0.3 is 4.90 Å². The molecule has 0 atom stereocenters. The molecule has 0 radical (unpaired) electrons. The van der Waals surface area contributed by atoms with Gasteiger partial charge >= 0.3 is 0 Å². The lowest BCUT2D eigenvalue weighted by Crippen LogP contribution is -2.50. The summed E-state index contributed by atoms with van der Waals surface area (Å²) in [6, 6.07) is 0. The van der Waals surface area contributed by atoms with Crippen LogP contribution < -0.4 is 0 Å². The van der Waals surface area contributed by atoms with Crippen LogP contribution in [0.1, 0.15) is 26.7 Å². The van der Waals surface area contributed by atoms with Gasteiger partial charge in [-0.15, -0.1) is 23.2 Å². The summed E-state index contributed by atoms with van der Waals surface area (Å²) in [7, 11) is 0. The Morgan fingerprint density at radius 2 is 2.00 bits per heavy atom. The second kappa shape index (κ2) is 4.71. The summed E-state index contributed by atoms with van der Waals surface area (Å²) < 4.78 is 0. The number of hydrogen-bond donors (Lipinski definition) is 0. The lowest BCUT2D eigenvalue weighted by molar-refractivity contribution is -0.136. The number of hydrogen-bond acceptors (Lipinski definition) is 1. The predicted octanol–water partition coefficient (Wildman–Crippen LogP) is 2.48. The van der Waals surface area contributed by atoms with E-state index in [1.807, 2.05) is 18.7 Å². The van der Waals surface area contributed by atoms with Crippen molar-refractivity contribution in [1.82, 2.24) is 4.90 Å². The van der Waals surface area contributed by atoms with E-state index in [1.165, 1.54) is 0 Å². The molecule has 1 saturated carbocycles. The summed E-state index contributed by atoms with van der Waals surface area (Å²) in [5.74, 6) is 1.37. The lowest BCUT2D eigenvalue weighted by atomic mass is 10.0. The van der Waals surface area contributed by atoms with Crippen molar-refractivity contribution in [1.29, 1.82) is 0 Å². The molecule has 4 heteroatoms. The minimum atomic E-state index is -0.282. The molecule has 1 rings (SSSR count). The monoisotopic (exact) mass is 237 g/mol.